The number of halogens is 1. The second kappa shape index (κ2) is 31.6. The van der Waals surface area contributed by atoms with E-state index in [2.05, 4.69) is 65.1 Å². The van der Waals surface area contributed by atoms with Crippen molar-refractivity contribution in [2.45, 2.75) is 178 Å². The molecule has 4 heterocycles. The van der Waals surface area contributed by atoms with Crippen LogP contribution < -0.4 is 40.2 Å². The summed E-state index contributed by atoms with van der Waals surface area (Å²) in [7, 11) is 5.49. The van der Waals surface area contributed by atoms with Crippen molar-refractivity contribution >= 4 is 103 Å². The molecule has 10 atom stereocenters. The first-order valence-corrected chi connectivity index (χ1v) is 34.8. The molecule has 0 unspecified atom stereocenters. The van der Waals surface area contributed by atoms with Crippen LogP contribution in [0.5, 0.6) is 23.0 Å². The van der Waals surface area contributed by atoms with E-state index < -0.39 is 112 Å². The monoisotopic (exact) mass is 1460 g/mol. The summed E-state index contributed by atoms with van der Waals surface area (Å²) >= 11 is 3.21. The molecule has 2 aromatic heterocycles. The molecule has 10 rings (SSSR count). The van der Waals surface area contributed by atoms with Crippen molar-refractivity contribution in [1.82, 2.24) is 41.0 Å². The molecule has 6 amide bonds. The molecule has 2 aliphatic heterocycles. The Bertz CT molecular complexity index is 3950. The second-order valence-electron chi connectivity index (χ2n) is 28.4. The largest absolute Gasteiger partial charge is 0.497 e. The smallest absolute Gasteiger partial charge is 0.408 e. The summed E-state index contributed by atoms with van der Waals surface area (Å²) in [5, 5.41) is 12.4. The van der Waals surface area contributed by atoms with Crippen molar-refractivity contribution in [3.05, 3.63) is 90.8 Å². The van der Waals surface area contributed by atoms with Gasteiger partial charge in [-0.05, 0) is 99.3 Å². The van der Waals surface area contributed by atoms with E-state index in [0.717, 1.165) is 51.4 Å². The van der Waals surface area contributed by atoms with Gasteiger partial charge in [-0.3, -0.25) is 28.8 Å². The fourth-order valence-corrected chi connectivity index (χ4v) is 13.9. The van der Waals surface area contributed by atoms with Gasteiger partial charge in [0.2, 0.25) is 23.6 Å². The number of benzene rings is 2. The molecule has 2 saturated heterocycles. The number of hydrogen-bond donors (Lipinski definition) is 4. The van der Waals surface area contributed by atoms with Gasteiger partial charge in [0.15, 0.2) is 5.78 Å². The second-order valence-corrected chi connectivity index (χ2v) is 29.0. The van der Waals surface area contributed by atoms with Crippen molar-refractivity contribution in [2.75, 3.05) is 46.9 Å². The first-order valence-electron chi connectivity index (χ1n) is 33.7. The number of hydrogen-bond acceptors (Lipinski definition) is 20. The molecule has 0 bridgehead atoms. The highest BCUT2D eigenvalue weighted by molar-refractivity contribution is 9.09. The number of Topliss-reactive ketones (excluding diaryl/α,β-unsaturated/α-hetero) is 2. The van der Waals surface area contributed by atoms with Crippen molar-refractivity contribution in [2.24, 2.45) is 22.7 Å². The van der Waals surface area contributed by atoms with Gasteiger partial charge in [0.1, 0.15) is 94.0 Å². The van der Waals surface area contributed by atoms with Crippen LogP contribution in [-0.2, 0) is 47.7 Å². The zero-order chi connectivity index (χ0) is 73.5. The lowest BCUT2D eigenvalue weighted by atomic mass is 9.85. The zero-order valence-corrected chi connectivity index (χ0v) is 60.1. The maximum absolute atomic E-state index is 14.5. The number of fused-ring (bicyclic) bond motifs is 2. The van der Waals surface area contributed by atoms with E-state index in [1.165, 1.54) is 44.3 Å². The lowest BCUT2D eigenvalue weighted by Crippen LogP contribution is -2.59. The minimum absolute atomic E-state index is 0.00167. The fourth-order valence-electron chi connectivity index (χ4n) is 13.6. The van der Waals surface area contributed by atoms with Crippen LogP contribution in [0.15, 0.2) is 73.8 Å². The van der Waals surface area contributed by atoms with Gasteiger partial charge in [-0.1, -0.05) is 69.6 Å². The SMILES string of the molecule is C=C[C@@H]1C[C@]1(NC(=O)[C@@H]1C[C@@H](Oc2cc(C(=O)C=[N+]=[N-])nc3cc(OC)ccc23)CN1C(=O)[C@@H](NC(=O)OC1CCCC1)C(C)(C)C)C(=O)OC.C=C[C@@H]1C[C@]1(NC(=O)[C@@H]1C[C@@H](Oc2cc(C(=O)CBr)nc3cc(OC)ccc23)CN1C(=O)[C@@H](NC(=O)OC1CCCC1)C(C)(C)C)C(=O)OC. The Morgan fingerprint density at radius 2 is 1.01 bits per heavy atom. The van der Waals surface area contributed by atoms with Crippen molar-refractivity contribution < 1.29 is 90.6 Å². The molecular formula is C72H89BrN10O18. The Morgan fingerprint density at radius 1 is 0.614 bits per heavy atom. The summed E-state index contributed by atoms with van der Waals surface area (Å²) < 4.78 is 44.9. The molecule has 28 nitrogen and oxygen atoms in total. The van der Waals surface area contributed by atoms with Crippen LogP contribution in [0.2, 0.25) is 0 Å². The number of nitrogens with zero attached hydrogens (tertiary/aromatic N) is 6. The van der Waals surface area contributed by atoms with Crippen LogP contribution in [0.4, 0.5) is 9.59 Å². The first kappa shape index (κ1) is 75.7. The number of aromatic nitrogens is 2. The van der Waals surface area contributed by atoms with Gasteiger partial charge in [0, 0.05) is 59.7 Å². The predicted molar refractivity (Wildman–Crippen MR) is 370 cm³/mol. The standard InChI is InChI=1S/C36H45BrN4O9.C36H44N6O9/c1-7-20-17-36(20,33(45)48-6)40-31(43)27-15-23(49-29-16-26(28(42)18-37)38-25-14-22(47-5)12-13-24(25)29)19-41(27)32(44)30(35(2,3)4)39-34(46)50-21-10-8-9-11-21;1-7-20-17-36(20,33(46)49-6)41-31(44)27-15-23(19-42(27)32(45)30(35(2,3)4)40-34(47)51-21-10-8-9-11-21)50-29-16-26(28(43)18-38-37)39-25-14-22(48-5)12-13-24(25)29/h7,12-14,16,20-21,23,27,30H,1,8-11,15,17-19H2,2-6H3,(H,39,46)(H,40,43);7,12-14,16,18,20-21,23,27,30H,1,8-11,15,17,19H2,2-6H3,(H,40,47)(H,41,44)/t2*20-,23-,27+,30-,36-/m11/s1. The number of alkyl carbamates (subject to hydrolysis) is 2. The molecular weight excluding hydrogens is 1370 g/mol. The van der Waals surface area contributed by atoms with Gasteiger partial charge < -0.3 is 74.5 Å². The lowest BCUT2D eigenvalue weighted by molar-refractivity contribution is -0.149. The fraction of sp³-hybridized carbons (Fsp3) is 0.542. The Labute approximate surface area is 593 Å². The number of ketones is 2. The summed E-state index contributed by atoms with van der Waals surface area (Å²) in [5.41, 5.74) is 5.70. The molecule has 542 valence electrons. The van der Waals surface area contributed by atoms with Gasteiger partial charge >= 0.3 is 30.3 Å². The van der Waals surface area contributed by atoms with Crippen LogP contribution in [-0.4, -0.2) is 197 Å². The molecule has 4 aliphatic carbocycles. The summed E-state index contributed by atoms with van der Waals surface area (Å²) in [4.78, 5) is 149. The van der Waals surface area contributed by atoms with Gasteiger partial charge in [-0.15, -0.1) is 13.2 Å². The molecule has 2 aromatic carbocycles. The summed E-state index contributed by atoms with van der Waals surface area (Å²) in [6.45, 7) is 18.3. The van der Waals surface area contributed by atoms with Gasteiger partial charge in [0.05, 0.1) is 57.9 Å². The van der Waals surface area contributed by atoms with Crippen LogP contribution in [0.1, 0.15) is 140 Å². The predicted octanol–water partition coefficient (Wildman–Crippen LogP) is 7.88. The Morgan fingerprint density at radius 3 is 1.36 bits per heavy atom. The molecule has 0 spiro atoms. The molecule has 6 aliphatic rings. The maximum atomic E-state index is 14.5. The summed E-state index contributed by atoms with van der Waals surface area (Å²) in [6.07, 6.45) is 8.02. The number of likely N-dealkylation sites (tertiary alicyclic amines) is 2. The Balaban J connectivity index is 0.000000235. The quantitative estimate of drug-likeness (QED) is 0.00757. The zero-order valence-electron chi connectivity index (χ0n) is 58.6. The van der Waals surface area contributed by atoms with E-state index in [0.29, 0.717) is 51.7 Å². The number of carbonyl (C=O) groups is 10. The number of ether oxygens (including phenoxy) is 8. The van der Waals surface area contributed by atoms with E-state index >= 15 is 0 Å². The molecule has 4 saturated carbocycles. The third-order valence-corrected chi connectivity index (χ3v) is 19.9. The number of carbonyl (C=O) groups excluding carboxylic acids is 10. The third-order valence-electron chi connectivity index (χ3n) is 19.4. The lowest BCUT2D eigenvalue weighted by Gasteiger charge is -2.35. The topological polar surface area (TPSA) is 361 Å². The highest BCUT2D eigenvalue weighted by Gasteiger charge is 2.63. The Hall–Kier alpha value is -9.50. The normalized spacial score (nSPS) is 23.6. The van der Waals surface area contributed by atoms with Gasteiger partial charge in [-0.25, -0.2) is 29.1 Å². The van der Waals surface area contributed by atoms with Crippen molar-refractivity contribution in [1.29, 1.82) is 0 Å². The first-order chi connectivity index (χ1) is 48.0. The molecule has 4 aromatic rings. The number of rotatable bonds is 24. The molecule has 4 N–H and O–H groups in total. The number of methoxy groups -OCH3 is 4. The number of nitrogens with one attached hydrogen (secondary N) is 4. The molecule has 0 radical (unpaired) electrons. The van der Waals surface area contributed by atoms with E-state index in [-0.39, 0.29) is 84.6 Å². The van der Waals surface area contributed by atoms with Crippen LogP contribution in [0.25, 0.3) is 27.3 Å². The summed E-state index contributed by atoms with van der Waals surface area (Å²) in [6, 6.07) is 8.79. The average molecular weight is 1460 g/mol. The number of esters is 2. The van der Waals surface area contributed by atoms with Crippen molar-refractivity contribution in [3.63, 3.8) is 0 Å². The molecule has 6 fully saturated rings. The Kier molecular flexibility index (Phi) is 23.7. The molecule has 101 heavy (non-hydrogen) atoms. The number of pyridine rings is 2. The minimum Gasteiger partial charge on any atom is -0.497 e. The maximum Gasteiger partial charge on any atom is 0.408 e. The highest BCUT2D eigenvalue weighted by atomic mass is 79.9. The van der Waals surface area contributed by atoms with E-state index in [4.69, 9.17) is 43.4 Å². The minimum atomic E-state index is -1.32. The van der Waals surface area contributed by atoms with E-state index in [1.807, 2.05) is 20.8 Å². The highest BCUT2D eigenvalue weighted by Crippen LogP contribution is 2.47. The summed E-state index contributed by atoms with van der Waals surface area (Å²) in [5.74, 6) is -3.54. The van der Waals surface area contributed by atoms with Crippen molar-refractivity contribution in [3.8, 4) is 23.0 Å². The molecule has 29 heteroatoms. The van der Waals surface area contributed by atoms with Gasteiger partial charge in [0.25, 0.3) is 5.78 Å². The third kappa shape index (κ3) is 17.1. The van der Waals surface area contributed by atoms with Crippen LogP contribution in [0.3, 0.4) is 0 Å². The van der Waals surface area contributed by atoms with E-state index in [9.17, 15) is 47.9 Å². The number of alkyl halides is 1. The van der Waals surface area contributed by atoms with Crippen LogP contribution >= 0.6 is 15.9 Å². The average Bonchev–Trinajstić information content (AvgIpc) is 1.60. The van der Waals surface area contributed by atoms with Crippen LogP contribution in [0, 0.1) is 22.7 Å². The number of amides is 6. The van der Waals surface area contributed by atoms with E-state index in [1.54, 1.807) is 75.4 Å². The van der Waals surface area contributed by atoms with Gasteiger partial charge in [-0.2, -0.15) is 4.79 Å².